The maximum Gasteiger partial charge on any atom is 0.168 e. The van der Waals surface area contributed by atoms with Gasteiger partial charge in [0, 0.05) is 6.61 Å². The number of nitrogens with one attached hydrogen (secondary N) is 1. The molecule has 1 rings (SSSR count). The minimum atomic E-state index is 0.159. The van der Waals surface area contributed by atoms with Crippen LogP contribution >= 0.6 is 0 Å². The molecule has 1 aromatic rings. The zero-order chi connectivity index (χ0) is 10.4. The van der Waals surface area contributed by atoms with E-state index in [1.165, 1.54) is 0 Å². The smallest absolute Gasteiger partial charge is 0.168 e. The predicted octanol–water partition coefficient (Wildman–Crippen LogP) is -0.0100. The van der Waals surface area contributed by atoms with Crippen molar-refractivity contribution in [3.05, 3.63) is 5.82 Å². The summed E-state index contributed by atoms with van der Waals surface area (Å²) in [6.07, 6.45) is 0. The molecule has 0 aliphatic carbocycles. The summed E-state index contributed by atoms with van der Waals surface area (Å²) >= 11 is 0. The summed E-state index contributed by atoms with van der Waals surface area (Å²) in [5.41, 5.74) is 0. The number of hydrogen-bond acceptors (Lipinski definition) is 5. The second-order valence-corrected chi connectivity index (χ2v) is 2.97. The summed E-state index contributed by atoms with van der Waals surface area (Å²) < 4.78 is 7.00. The van der Waals surface area contributed by atoms with E-state index in [4.69, 9.17) is 4.74 Å². The molecule has 0 aliphatic heterocycles. The standard InChI is InChI=1S/C8H17N5O/c1-4-14-6-5-13-8(7(2)9-3)10-11-12-13/h7,9H,4-6H2,1-3H3. The molecule has 0 aromatic carbocycles. The van der Waals surface area contributed by atoms with E-state index in [2.05, 4.69) is 20.8 Å². The van der Waals surface area contributed by atoms with Crippen molar-refractivity contribution in [1.82, 2.24) is 25.5 Å². The number of rotatable bonds is 6. The lowest BCUT2D eigenvalue weighted by atomic mass is 10.3. The van der Waals surface area contributed by atoms with Crippen LogP contribution in [0.1, 0.15) is 25.7 Å². The van der Waals surface area contributed by atoms with Gasteiger partial charge in [-0.3, -0.25) is 0 Å². The number of nitrogens with zero attached hydrogens (tertiary/aromatic N) is 4. The molecule has 1 heterocycles. The Morgan fingerprint density at radius 2 is 2.36 bits per heavy atom. The molecular formula is C8H17N5O. The van der Waals surface area contributed by atoms with Gasteiger partial charge in [0.2, 0.25) is 0 Å². The van der Waals surface area contributed by atoms with Crippen LogP contribution in [0.4, 0.5) is 0 Å². The Morgan fingerprint density at radius 1 is 1.57 bits per heavy atom. The summed E-state index contributed by atoms with van der Waals surface area (Å²) in [7, 11) is 1.88. The second kappa shape index (κ2) is 5.66. The highest BCUT2D eigenvalue weighted by Crippen LogP contribution is 2.05. The zero-order valence-corrected chi connectivity index (χ0v) is 8.90. The minimum Gasteiger partial charge on any atom is -0.380 e. The molecule has 0 spiro atoms. The summed E-state index contributed by atoms with van der Waals surface area (Å²) in [6.45, 7) is 6.05. The molecule has 0 saturated heterocycles. The van der Waals surface area contributed by atoms with Gasteiger partial charge in [-0.05, 0) is 31.3 Å². The van der Waals surface area contributed by atoms with Gasteiger partial charge in [-0.25, -0.2) is 4.68 Å². The van der Waals surface area contributed by atoms with Gasteiger partial charge in [0.15, 0.2) is 5.82 Å². The van der Waals surface area contributed by atoms with Crippen molar-refractivity contribution in [2.45, 2.75) is 26.4 Å². The molecule has 1 aromatic heterocycles. The van der Waals surface area contributed by atoms with Crippen LogP contribution < -0.4 is 5.32 Å². The lowest BCUT2D eigenvalue weighted by Gasteiger charge is -2.09. The first-order valence-electron chi connectivity index (χ1n) is 4.80. The van der Waals surface area contributed by atoms with Crippen LogP contribution in [0.2, 0.25) is 0 Å². The Bertz CT molecular complexity index is 262. The van der Waals surface area contributed by atoms with E-state index in [1.807, 2.05) is 20.9 Å². The average molecular weight is 199 g/mol. The fraction of sp³-hybridized carbons (Fsp3) is 0.875. The average Bonchev–Trinajstić information content (AvgIpc) is 2.65. The normalized spacial score (nSPS) is 13.1. The fourth-order valence-electron chi connectivity index (χ4n) is 1.11. The van der Waals surface area contributed by atoms with E-state index in [0.29, 0.717) is 13.2 Å². The lowest BCUT2D eigenvalue weighted by molar-refractivity contribution is 0.134. The summed E-state index contributed by atoms with van der Waals surface area (Å²) in [5, 5.41) is 14.6. The maximum atomic E-state index is 5.24. The Morgan fingerprint density at radius 3 is 3.00 bits per heavy atom. The molecule has 0 fully saturated rings. The molecule has 14 heavy (non-hydrogen) atoms. The van der Waals surface area contributed by atoms with Crippen LogP contribution in [0.3, 0.4) is 0 Å². The minimum absolute atomic E-state index is 0.159. The lowest BCUT2D eigenvalue weighted by Crippen LogP contribution is -2.20. The summed E-state index contributed by atoms with van der Waals surface area (Å²) in [6, 6.07) is 0.159. The molecule has 0 amide bonds. The van der Waals surface area contributed by atoms with E-state index < -0.39 is 0 Å². The van der Waals surface area contributed by atoms with Crippen molar-refractivity contribution in [3.8, 4) is 0 Å². The molecule has 0 bridgehead atoms. The third-order valence-electron chi connectivity index (χ3n) is 2.03. The van der Waals surface area contributed by atoms with Crippen LogP contribution in [-0.2, 0) is 11.3 Å². The maximum absolute atomic E-state index is 5.24. The Hall–Kier alpha value is -1.01. The number of ether oxygens (including phenoxy) is 1. The monoisotopic (exact) mass is 199 g/mol. The van der Waals surface area contributed by atoms with Crippen LogP contribution in [-0.4, -0.2) is 40.5 Å². The largest absolute Gasteiger partial charge is 0.380 e. The van der Waals surface area contributed by atoms with Gasteiger partial charge < -0.3 is 10.1 Å². The van der Waals surface area contributed by atoms with Crippen LogP contribution in [0.25, 0.3) is 0 Å². The summed E-state index contributed by atoms with van der Waals surface area (Å²) in [5.74, 6) is 0.840. The van der Waals surface area contributed by atoms with Gasteiger partial charge >= 0.3 is 0 Å². The molecule has 0 radical (unpaired) electrons. The van der Waals surface area contributed by atoms with Crippen LogP contribution in [0, 0.1) is 0 Å². The first-order chi connectivity index (χ1) is 6.79. The van der Waals surface area contributed by atoms with Gasteiger partial charge in [0.25, 0.3) is 0 Å². The SMILES string of the molecule is CCOCCn1nnnc1C(C)NC. The highest BCUT2D eigenvalue weighted by molar-refractivity contribution is 4.88. The molecule has 80 valence electrons. The first-order valence-corrected chi connectivity index (χ1v) is 4.80. The Kier molecular flexibility index (Phi) is 4.48. The van der Waals surface area contributed by atoms with Gasteiger partial charge in [-0.1, -0.05) is 0 Å². The van der Waals surface area contributed by atoms with Gasteiger partial charge in [0.1, 0.15) is 0 Å². The molecular weight excluding hydrogens is 182 g/mol. The van der Waals surface area contributed by atoms with Crippen molar-refractivity contribution < 1.29 is 4.74 Å². The van der Waals surface area contributed by atoms with Crippen molar-refractivity contribution >= 4 is 0 Å². The third-order valence-corrected chi connectivity index (χ3v) is 2.03. The van der Waals surface area contributed by atoms with Crippen molar-refractivity contribution in [1.29, 1.82) is 0 Å². The Labute approximate surface area is 83.6 Å². The molecule has 1 atom stereocenters. The summed E-state index contributed by atoms with van der Waals surface area (Å²) in [4.78, 5) is 0. The highest BCUT2D eigenvalue weighted by Gasteiger charge is 2.11. The van der Waals surface area contributed by atoms with E-state index in [9.17, 15) is 0 Å². The topological polar surface area (TPSA) is 64.9 Å². The molecule has 0 aliphatic rings. The second-order valence-electron chi connectivity index (χ2n) is 2.97. The molecule has 6 nitrogen and oxygen atoms in total. The van der Waals surface area contributed by atoms with E-state index in [1.54, 1.807) is 4.68 Å². The first kappa shape index (κ1) is 11.1. The van der Waals surface area contributed by atoms with Gasteiger partial charge in [-0.2, -0.15) is 0 Å². The van der Waals surface area contributed by atoms with Crippen molar-refractivity contribution in [2.24, 2.45) is 0 Å². The molecule has 0 saturated carbocycles. The fourth-order valence-corrected chi connectivity index (χ4v) is 1.11. The van der Waals surface area contributed by atoms with Crippen molar-refractivity contribution in [3.63, 3.8) is 0 Å². The van der Waals surface area contributed by atoms with Gasteiger partial charge in [0.05, 0.1) is 19.2 Å². The Balaban J connectivity index is 2.53. The van der Waals surface area contributed by atoms with Crippen molar-refractivity contribution in [2.75, 3.05) is 20.3 Å². The third kappa shape index (κ3) is 2.74. The molecule has 6 heteroatoms. The van der Waals surface area contributed by atoms with Crippen LogP contribution in [0.15, 0.2) is 0 Å². The molecule has 1 N–H and O–H groups in total. The van der Waals surface area contributed by atoms with Crippen LogP contribution in [0.5, 0.6) is 0 Å². The number of tetrazole rings is 1. The quantitative estimate of drug-likeness (QED) is 0.653. The highest BCUT2D eigenvalue weighted by atomic mass is 16.5. The van der Waals surface area contributed by atoms with E-state index in [-0.39, 0.29) is 6.04 Å². The zero-order valence-electron chi connectivity index (χ0n) is 8.90. The molecule has 1 unspecified atom stereocenters. The predicted molar refractivity (Wildman–Crippen MR) is 51.8 cm³/mol. The number of aromatic nitrogens is 4. The number of hydrogen-bond donors (Lipinski definition) is 1. The van der Waals surface area contributed by atoms with Gasteiger partial charge in [-0.15, -0.1) is 5.10 Å². The van der Waals surface area contributed by atoms with E-state index in [0.717, 1.165) is 12.4 Å². The van der Waals surface area contributed by atoms with E-state index >= 15 is 0 Å².